The smallest absolute Gasteiger partial charge is 0.240 e. The average Bonchev–Trinajstić information content (AvgIpc) is 2.95. The molecule has 0 aliphatic carbocycles. The number of morpholine rings is 1. The summed E-state index contributed by atoms with van der Waals surface area (Å²) < 4.78 is 5.87. The van der Waals surface area contributed by atoms with Gasteiger partial charge in [0.2, 0.25) is 5.91 Å². The van der Waals surface area contributed by atoms with Crippen molar-refractivity contribution in [1.29, 1.82) is 0 Å². The standard InChI is InChI=1S/C15H28N4O2/c1-17-9-10-21-13(11-17)12-19-6-2-3-14(19)15(20)18-7-4-16-5-8-18/h13-14,16H,2-12H2,1H3. The molecule has 0 radical (unpaired) electrons. The number of carbonyl (C=O) groups is 1. The van der Waals surface area contributed by atoms with Crippen LogP contribution in [0.4, 0.5) is 0 Å². The van der Waals surface area contributed by atoms with E-state index in [1.807, 2.05) is 4.90 Å². The molecule has 0 aromatic carbocycles. The Labute approximate surface area is 127 Å². The van der Waals surface area contributed by atoms with E-state index in [1.54, 1.807) is 0 Å². The molecule has 6 nitrogen and oxygen atoms in total. The summed E-state index contributed by atoms with van der Waals surface area (Å²) in [7, 11) is 2.14. The molecule has 3 heterocycles. The summed E-state index contributed by atoms with van der Waals surface area (Å²) in [5.41, 5.74) is 0. The van der Waals surface area contributed by atoms with Gasteiger partial charge in [0, 0.05) is 45.8 Å². The lowest BCUT2D eigenvalue weighted by atomic mass is 10.1. The first-order chi connectivity index (χ1) is 10.2. The molecule has 3 fully saturated rings. The molecule has 0 aromatic rings. The fourth-order valence-electron chi connectivity index (χ4n) is 3.66. The minimum atomic E-state index is 0.0823. The summed E-state index contributed by atoms with van der Waals surface area (Å²) in [6.07, 6.45) is 2.39. The number of carbonyl (C=O) groups excluding carboxylic acids is 1. The maximum absolute atomic E-state index is 12.7. The minimum absolute atomic E-state index is 0.0823. The normalized spacial score (nSPS) is 32.5. The van der Waals surface area contributed by atoms with Crippen LogP contribution in [-0.4, -0.2) is 98.8 Å². The molecule has 0 aromatic heterocycles. The third-order valence-corrected chi connectivity index (χ3v) is 4.86. The van der Waals surface area contributed by atoms with Gasteiger partial charge in [0.05, 0.1) is 18.8 Å². The van der Waals surface area contributed by atoms with Crippen molar-refractivity contribution in [3.63, 3.8) is 0 Å². The van der Waals surface area contributed by atoms with Gasteiger partial charge in [0.25, 0.3) is 0 Å². The monoisotopic (exact) mass is 296 g/mol. The van der Waals surface area contributed by atoms with Crippen LogP contribution in [0, 0.1) is 0 Å². The van der Waals surface area contributed by atoms with Crippen molar-refractivity contribution < 1.29 is 9.53 Å². The molecule has 3 saturated heterocycles. The van der Waals surface area contributed by atoms with Crippen LogP contribution in [0.25, 0.3) is 0 Å². The second-order valence-electron chi connectivity index (χ2n) is 6.48. The minimum Gasteiger partial charge on any atom is -0.374 e. The molecule has 6 heteroatoms. The van der Waals surface area contributed by atoms with E-state index < -0.39 is 0 Å². The highest BCUT2D eigenvalue weighted by Crippen LogP contribution is 2.21. The highest BCUT2D eigenvalue weighted by atomic mass is 16.5. The molecule has 3 aliphatic rings. The highest BCUT2D eigenvalue weighted by Gasteiger charge is 2.35. The van der Waals surface area contributed by atoms with Gasteiger partial charge in [-0.25, -0.2) is 0 Å². The van der Waals surface area contributed by atoms with Gasteiger partial charge < -0.3 is 19.9 Å². The molecule has 2 unspecified atom stereocenters. The maximum Gasteiger partial charge on any atom is 0.240 e. The van der Waals surface area contributed by atoms with Crippen molar-refractivity contribution in [2.75, 3.05) is 66.0 Å². The third kappa shape index (κ3) is 3.74. The first-order valence-electron chi connectivity index (χ1n) is 8.28. The fraction of sp³-hybridized carbons (Fsp3) is 0.933. The zero-order valence-electron chi connectivity index (χ0n) is 13.1. The quantitative estimate of drug-likeness (QED) is 0.740. The molecule has 0 bridgehead atoms. The first kappa shape index (κ1) is 15.2. The molecule has 3 rings (SSSR count). The van der Waals surface area contributed by atoms with E-state index in [0.29, 0.717) is 5.91 Å². The third-order valence-electron chi connectivity index (χ3n) is 4.86. The van der Waals surface area contributed by atoms with Gasteiger partial charge >= 0.3 is 0 Å². The number of hydrogen-bond acceptors (Lipinski definition) is 5. The number of nitrogens with one attached hydrogen (secondary N) is 1. The van der Waals surface area contributed by atoms with Gasteiger partial charge in [-0.3, -0.25) is 9.69 Å². The lowest BCUT2D eigenvalue weighted by molar-refractivity contribution is -0.137. The molecule has 0 spiro atoms. The van der Waals surface area contributed by atoms with Crippen LogP contribution in [0.2, 0.25) is 0 Å². The molecule has 21 heavy (non-hydrogen) atoms. The summed E-state index contributed by atoms with van der Waals surface area (Å²) in [6.45, 7) is 8.29. The van der Waals surface area contributed by atoms with E-state index in [1.165, 1.54) is 0 Å². The van der Waals surface area contributed by atoms with E-state index in [9.17, 15) is 4.79 Å². The molecule has 120 valence electrons. The van der Waals surface area contributed by atoms with E-state index in [-0.39, 0.29) is 12.1 Å². The van der Waals surface area contributed by atoms with Crippen LogP contribution < -0.4 is 5.32 Å². The SMILES string of the molecule is CN1CCOC(CN2CCCC2C(=O)N2CCNCC2)C1. The number of amides is 1. The molecular formula is C15H28N4O2. The van der Waals surface area contributed by atoms with E-state index in [4.69, 9.17) is 4.74 Å². The second kappa shape index (κ2) is 7.05. The van der Waals surface area contributed by atoms with Crippen molar-refractivity contribution in [3.05, 3.63) is 0 Å². The Morgan fingerprint density at radius 2 is 2.05 bits per heavy atom. The van der Waals surface area contributed by atoms with Gasteiger partial charge in [-0.1, -0.05) is 0 Å². The number of likely N-dealkylation sites (tertiary alicyclic amines) is 1. The van der Waals surface area contributed by atoms with Gasteiger partial charge in [-0.05, 0) is 26.4 Å². The second-order valence-corrected chi connectivity index (χ2v) is 6.48. The predicted molar refractivity (Wildman–Crippen MR) is 81.3 cm³/mol. The largest absolute Gasteiger partial charge is 0.374 e. The molecule has 1 N–H and O–H groups in total. The number of piperazine rings is 1. The van der Waals surface area contributed by atoms with Crippen LogP contribution in [0.1, 0.15) is 12.8 Å². The lowest BCUT2D eigenvalue weighted by Crippen LogP contribution is -2.54. The van der Waals surface area contributed by atoms with E-state index in [0.717, 1.165) is 71.8 Å². The highest BCUT2D eigenvalue weighted by molar-refractivity contribution is 5.82. The van der Waals surface area contributed by atoms with Gasteiger partial charge in [0.15, 0.2) is 0 Å². The number of likely N-dealkylation sites (N-methyl/N-ethyl adjacent to an activating group) is 1. The van der Waals surface area contributed by atoms with Crippen LogP contribution in [-0.2, 0) is 9.53 Å². The van der Waals surface area contributed by atoms with Gasteiger partial charge in [-0.15, -0.1) is 0 Å². The topological polar surface area (TPSA) is 48.1 Å². The van der Waals surface area contributed by atoms with Crippen LogP contribution in [0.5, 0.6) is 0 Å². The van der Waals surface area contributed by atoms with Gasteiger partial charge in [0.1, 0.15) is 0 Å². The molecule has 2 atom stereocenters. The van der Waals surface area contributed by atoms with Crippen molar-refractivity contribution >= 4 is 5.91 Å². The number of ether oxygens (including phenoxy) is 1. The molecule has 0 saturated carbocycles. The maximum atomic E-state index is 12.7. The molecular weight excluding hydrogens is 268 g/mol. The van der Waals surface area contributed by atoms with Crippen LogP contribution in [0.3, 0.4) is 0 Å². The van der Waals surface area contributed by atoms with E-state index >= 15 is 0 Å². The Balaban J connectivity index is 1.55. The zero-order valence-corrected chi connectivity index (χ0v) is 13.1. The van der Waals surface area contributed by atoms with Crippen molar-refractivity contribution in [1.82, 2.24) is 20.0 Å². The average molecular weight is 296 g/mol. The first-order valence-corrected chi connectivity index (χ1v) is 8.28. The number of rotatable bonds is 3. The summed E-state index contributed by atoms with van der Waals surface area (Å²) in [5.74, 6) is 0.332. The Kier molecular flexibility index (Phi) is 5.11. The zero-order chi connectivity index (χ0) is 14.7. The van der Waals surface area contributed by atoms with Crippen molar-refractivity contribution in [2.24, 2.45) is 0 Å². The summed E-state index contributed by atoms with van der Waals surface area (Å²) in [4.78, 5) is 19.4. The van der Waals surface area contributed by atoms with E-state index in [2.05, 4.69) is 22.2 Å². The predicted octanol–water partition coefficient (Wildman–Crippen LogP) is -0.787. The lowest BCUT2D eigenvalue weighted by Gasteiger charge is -2.36. The van der Waals surface area contributed by atoms with Crippen molar-refractivity contribution in [2.45, 2.75) is 25.0 Å². The molecule has 3 aliphatic heterocycles. The van der Waals surface area contributed by atoms with Gasteiger partial charge in [-0.2, -0.15) is 0 Å². The van der Waals surface area contributed by atoms with Crippen LogP contribution in [0.15, 0.2) is 0 Å². The van der Waals surface area contributed by atoms with Crippen LogP contribution >= 0.6 is 0 Å². The Morgan fingerprint density at radius 1 is 1.24 bits per heavy atom. The summed E-state index contributed by atoms with van der Waals surface area (Å²) in [5, 5.41) is 3.31. The number of nitrogens with zero attached hydrogens (tertiary/aromatic N) is 3. The Hall–Kier alpha value is -0.690. The summed E-state index contributed by atoms with van der Waals surface area (Å²) in [6, 6.07) is 0.0823. The van der Waals surface area contributed by atoms with Crippen molar-refractivity contribution in [3.8, 4) is 0 Å². The fourth-order valence-corrected chi connectivity index (χ4v) is 3.66. The Morgan fingerprint density at radius 3 is 2.81 bits per heavy atom. The number of hydrogen-bond donors (Lipinski definition) is 1. The summed E-state index contributed by atoms with van der Waals surface area (Å²) >= 11 is 0. The molecule has 1 amide bonds. The Bertz CT molecular complexity index is 360.